The SMILES string of the molecule is CCCN1CC(=O)NC(CO)C1. The van der Waals surface area contributed by atoms with Crippen LogP contribution in [0.5, 0.6) is 0 Å². The van der Waals surface area contributed by atoms with Gasteiger partial charge in [-0.2, -0.15) is 0 Å². The van der Waals surface area contributed by atoms with Crippen molar-refractivity contribution in [3.05, 3.63) is 0 Å². The van der Waals surface area contributed by atoms with Gasteiger partial charge in [-0.15, -0.1) is 0 Å². The molecule has 0 aromatic carbocycles. The quantitative estimate of drug-likeness (QED) is 0.585. The normalized spacial score (nSPS) is 25.5. The van der Waals surface area contributed by atoms with Crippen molar-refractivity contribution in [1.29, 1.82) is 0 Å². The summed E-state index contributed by atoms with van der Waals surface area (Å²) in [7, 11) is 0. The monoisotopic (exact) mass is 172 g/mol. The minimum Gasteiger partial charge on any atom is -0.394 e. The molecule has 2 N–H and O–H groups in total. The Kier molecular flexibility index (Phi) is 3.49. The second-order valence-corrected chi connectivity index (χ2v) is 3.18. The van der Waals surface area contributed by atoms with E-state index in [2.05, 4.69) is 17.1 Å². The predicted molar refractivity (Wildman–Crippen MR) is 45.7 cm³/mol. The molecular weight excluding hydrogens is 156 g/mol. The molecule has 4 heteroatoms. The molecule has 0 aromatic rings. The van der Waals surface area contributed by atoms with Crippen LogP contribution < -0.4 is 5.32 Å². The van der Waals surface area contributed by atoms with Gasteiger partial charge < -0.3 is 10.4 Å². The molecule has 1 rings (SSSR count). The van der Waals surface area contributed by atoms with E-state index in [1.165, 1.54) is 0 Å². The first kappa shape index (κ1) is 9.48. The third-order valence-electron chi connectivity index (χ3n) is 1.97. The van der Waals surface area contributed by atoms with Crippen LogP contribution in [0.1, 0.15) is 13.3 Å². The van der Waals surface area contributed by atoms with Crippen molar-refractivity contribution < 1.29 is 9.90 Å². The highest BCUT2D eigenvalue weighted by Gasteiger charge is 2.22. The third-order valence-corrected chi connectivity index (χ3v) is 1.97. The highest BCUT2D eigenvalue weighted by Crippen LogP contribution is 2.00. The van der Waals surface area contributed by atoms with Crippen molar-refractivity contribution in [3.8, 4) is 0 Å². The lowest BCUT2D eigenvalue weighted by Crippen LogP contribution is -2.55. The maximum Gasteiger partial charge on any atom is 0.234 e. The van der Waals surface area contributed by atoms with E-state index < -0.39 is 0 Å². The standard InChI is InChI=1S/C8H16N2O2/c1-2-3-10-4-7(6-11)9-8(12)5-10/h7,11H,2-6H2,1H3,(H,9,12). The molecule has 1 saturated heterocycles. The second-order valence-electron chi connectivity index (χ2n) is 3.18. The Morgan fingerprint density at radius 3 is 3.08 bits per heavy atom. The fourth-order valence-electron chi connectivity index (χ4n) is 1.49. The molecule has 1 aliphatic rings. The summed E-state index contributed by atoms with van der Waals surface area (Å²) in [5, 5.41) is 11.6. The summed E-state index contributed by atoms with van der Waals surface area (Å²) < 4.78 is 0. The van der Waals surface area contributed by atoms with Crippen LogP contribution in [0.4, 0.5) is 0 Å². The van der Waals surface area contributed by atoms with Gasteiger partial charge in [-0.3, -0.25) is 9.69 Å². The van der Waals surface area contributed by atoms with Crippen molar-refractivity contribution >= 4 is 5.91 Å². The summed E-state index contributed by atoms with van der Waals surface area (Å²) in [6, 6.07) is -0.0715. The zero-order valence-electron chi connectivity index (χ0n) is 7.42. The van der Waals surface area contributed by atoms with Gasteiger partial charge in [0, 0.05) is 6.54 Å². The number of carbonyl (C=O) groups excluding carboxylic acids is 1. The third kappa shape index (κ3) is 2.46. The molecule has 12 heavy (non-hydrogen) atoms. The number of hydrogen-bond acceptors (Lipinski definition) is 3. The zero-order valence-corrected chi connectivity index (χ0v) is 7.42. The van der Waals surface area contributed by atoms with E-state index in [0.717, 1.165) is 19.5 Å². The number of nitrogens with zero attached hydrogens (tertiary/aromatic N) is 1. The lowest BCUT2D eigenvalue weighted by atomic mass is 10.2. The van der Waals surface area contributed by atoms with Crippen LogP contribution in [0, 0.1) is 0 Å². The van der Waals surface area contributed by atoms with Crippen LogP contribution in [-0.2, 0) is 4.79 Å². The van der Waals surface area contributed by atoms with E-state index in [1.54, 1.807) is 0 Å². The van der Waals surface area contributed by atoms with Gasteiger partial charge in [0.1, 0.15) is 0 Å². The summed E-state index contributed by atoms with van der Waals surface area (Å²) >= 11 is 0. The number of nitrogens with one attached hydrogen (secondary N) is 1. The number of amides is 1. The maximum absolute atomic E-state index is 11.1. The van der Waals surface area contributed by atoms with Crippen molar-refractivity contribution in [2.75, 3.05) is 26.2 Å². The molecule has 1 heterocycles. The topological polar surface area (TPSA) is 52.6 Å². The van der Waals surface area contributed by atoms with E-state index in [0.29, 0.717) is 6.54 Å². The average Bonchev–Trinajstić information content (AvgIpc) is 2.04. The van der Waals surface area contributed by atoms with Crippen LogP contribution in [-0.4, -0.2) is 48.2 Å². The molecule has 0 aromatic heterocycles. The van der Waals surface area contributed by atoms with Gasteiger partial charge in [0.2, 0.25) is 5.91 Å². The molecule has 0 saturated carbocycles. The first-order chi connectivity index (χ1) is 5.76. The van der Waals surface area contributed by atoms with Gasteiger partial charge >= 0.3 is 0 Å². The summed E-state index contributed by atoms with van der Waals surface area (Å²) in [5.41, 5.74) is 0. The summed E-state index contributed by atoms with van der Waals surface area (Å²) in [5.74, 6) is 0.0220. The Labute approximate surface area is 72.6 Å². The molecule has 1 unspecified atom stereocenters. The highest BCUT2D eigenvalue weighted by atomic mass is 16.3. The summed E-state index contributed by atoms with van der Waals surface area (Å²) in [6.45, 7) is 4.30. The van der Waals surface area contributed by atoms with Gasteiger partial charge in [0.15, 0.2) is 0 Å². The van der Waals surface area contributed by atoms with Gasteiger partial charge in [-0.05, 0) is 13.0 Å². The Bertz CT molecular complexity index is 161. The summed E-state index contributed by atoms with van der Waals surface area (Å²) in [6.07, 6.45) is 1.05. The van der Waals surface area contributed by atoms with Crippen molar-refractivity contribution in [2.45, 2.75) is 19.4 Å². The number of piperazine rings is 1. The van der Waals surface area contributed by atoms with Crippen LogP contribution in [0.3, 0.4) is 0 Å². The van der Waals surface area contributed by atoms with E-state index in [4.69, 9.17) is 5.11 Å². The molecule has 0 aliphatic carbocycles. The van der Waals surface area contributed by atoms with Crippen LogP contribution in [0.15, 0.2) is 0 Å². The van der Waals surface area contributed by atoms with Gasteiger partial charge in [0.05, 0.1) is 19.2 Å². The van der Waals surface area contributed by atoms with Crippen LogP contribution >= 0.6 is 0 Å². The van der Waals surface area contributed by atoms with E-state index in [1.807, 2.05) is 0 Å². The zero-order chi connectivity index (χ0) is 8.97. The molecular formula is C8H16N2O2. The highest BCUT2D eigenvalue weighted by molar-refractivity contribution is 5.79. The number of aliphatic hydroxyl groups excluding tert-OH is 1. The number of rotatable bonds is 3. The lowest BCUT2D eigenvalue weighted by Gasteiger charge is -2.31. The maximum atomic E-state index is 11.1. The van der Waals surface area contributed by atoms with Crippen molar-refractivity contribution in [2.24, 2.45) is 0 Å². The Hall–Kier alpha value is -0.610. The van der Waals surface area contributed by atoms with E-state index in [9.17, 15) is 4.79 Å². The minimum atomic E-state index is -0.0715. The Morgan fingerprint density at radius 2 is 2.50 bits per heavy atom. The molecule has 0 spiro atoms. The molecule has 4 nitrogen and oxygen atoms in total. The summed E-state index contributed by atoms with van der Waals surface area (Å²) in [4.78, 5) is 13.1. The smallest absolute Gasteiger partial charge is 0.234 e. The van der Waals surface area contributed by atoms with Gasteiger partial charge in [-0.25, -0.2) is 0 Å². The lowest BCUT2D eigenvalue weighted by molar-refractivity contribution is -0.126. The Balaban J connectivity index is 2.39. The van der Waals surface area contributed by atoms with Crippen LogP contribution in [0.2, 0.25) is 0 Å². The molecule has 1 amide bonds. The first-order valence-corrected chi connectivity index (χ1v) is 4.38. The fraction of sp³-hybridized carbons (Fsp3) is 0.875. The van der Waals surface area contributed by atoms with Crippen molar-refractivity contribution in [1.82, 2.24) is 10.2 Å². The van der Waals surface area contributed by atoms with E-state index in [-0.39, 0.29) is 18.6 Å². The van der Waals surface area contributed by atoms with Gasteiger partial charge in [-0.1, -0.05) is 6.92 Å². The number of carbonyl (C=O) groups is 1. The molecule has 1 atom stereocenters. The number of hydrogen-bond donors (Lipinski definition) is 2. The fourth-order valence-corrected chi connectivity index (χ4v) is 1.49. The largest absolute Gasteiger partial charge is 0.394 e. The number of aliphatic hydroxyl groups is 1. The Morgan fingerprint density at radius 1 is 1.75 bits per heavy atom. The molecule has 0 bridgehead atoms. The van der Waals surface area contributed by atoms with E-state index >= 15 is 0 Å². The first-order valence-electron chi connectivity index (χ1n) is 4.38. The van der Waals surface area contributed by atoms with Crippen LogP contribution in [0.25, 0.3) is 0 Å². The predicted octanol–water partition coefficient (Wildman–Crippen LogP) is -0.811. The van der Waals surface area contributed by atoms with Crippen molar-refractivity contribution in [3.63, 3.8) is 0 Å². The molecule has 0 radical (unpaired) electrons. The molecule has 70 valence electrons. The minimum absolute atomic E-state index is 0.0220. The molecule has 1 fully saturated rings. The second kappa shape index (κ2) is 4.42. The average molecular weight is 172 g/mol. The van der Waals surface area contributed by atoms with Gasteiger partial charge in [0.25, 0.3) is 0 Å². The molecule has 1 aliphatic heterocycles.